The maximum absolute atomic E-state index is 10.1. The first-order valence-corrected chi connectivity index (χ1v) is 2.37. The van der Waals surface area contributed by atoms with Crippen molar-refractivity contribution in [2.45, 2.75) is 6.23 Å². The lowest BCUT2D eigenvalue weighted by Crippen LogP contribution is -2.20. The van der Waals surface area contributed by atoms with Crippen LogP contribution in [0.25, 0.3) is 0 Å². The summed E-state index contributed by atoms with van der Waals surface area (Å²) in [5, 5.41) is 8.27. The number of nitrogens with zero attached hydrogens (tertiary/aromatic N) is 1. The van der Waals surface area contributed by atoms with Crippen LogP contribution in [-0.2, 0) is 9.53 Å². The molecule has 1 aliphatic heterocycles. The molecule has 48 valence electrons. The van der Waals surface area contributed by atoms with Crippen molar-refractivity contribution in [3.63, 3.8) is 0 Å². The summed E-state index contributed by atoms with van der Waals surface area (Å²) in [6.07, 6.45) is 3.17. The number of aliphatic carboxylic acids is 1. The van der Waals surface area contributed by atoms with Gasteiger partial charge in [0.25, 0.3) is 6.23 Å². The average molecular weight is 127 g/mol. The lowest BCUT2D eigenvalue weighted by Gasteiger charge is -2.07. The monoisotopic (exact) mass is 127 g/mol. The third-order valence-electron chi connectivity index (χ3n) is 0.805. The fraction of sp³-hybridized carbons (Fsp3) is 0.200. The molecule has 1 N–H and O–H groups in total. The Morgan fingerprint density at radius 1 is 1.78 bits per heavy atom. The summed E-state index contributed by atoms with van der Waals surface area (Å²) in [6, 6.07) is 0. The molecule has 0 saturated carbocycles. The van der Waals surface area contributed by atoms with Crippen molar-refractivity contribution in [1.29, 1.82) is 0 Å². The second-order valence-corrected chi connectivity index (χ2v) is 1.45. The quantitative estimate of drug-likeness (QED) is 0.539. The van der Waals surface area contributed by atoms with Gasteiger partial charge in [0.15, 0.2) is 0 Å². The van der Waals surface area contributed by atoms with Gasteiger partial charge in [-0.1, -0.05) is 0 Å². The molecule has 0 amide bonds. The van der Waals surface area contributed by atoms with Crippen LogP contribution in [0.5, 0.6) is 0 Å². The van der Waals surface area contributed by atoms with E-state index < -0.39 is 12.2 Å². The number of hydrogen-bond acceptors (Lipinski definition) is 3. The summed E-state index contributed by atoms with van der Waals surface area (Å²) in [5.41, 5.74) is 0. The minimum absolute atomic E-state index is 1.05. The van der Waals surface area contributed by atoms with Gasteiger partial charge in [0.2, 0.25) is 0 Å². The van der Waals surface area contributed by atoms with Crippen molar-refractivity contribution >= 4 is 12.2 Å². The summed E-state index contributed by atoms with van der Waals surface area (Å²) >= 11 is 0. The number of aliphatic imine (C=N–C) groups is 1. The molecule has 1 rings (SSSR count). The lowest BCUT2D eigenvalue weighted by molar-refractivity contribution is -0.146. The second-order valence-electron chi connectivity index (χ2n) is 1.45. The Bertz CT molecular complexity index is 173. The van der Waals surface area contributed by atoms with Crippen LogP contribution >= 0.6 is 0 Å². The molecule has 9 heavy (non-hydrogen) atoms. The number of rotatable bonds is 1. The van der Waals surface area contributed by atoms with E-state index in [-0.39, 0.29) is 0 Å². The van der Waals surface area contributed by atoms with E-state index in [0.29, 0.717) is 0 Å². The van der Waals surface area contributed by atoms with Crippen molar-refractivity contribution in [2.75, 3.05) is 0 Å². The van der Waals surface area contributed by atoms with Gasteiger partial charge in [-0.2, -0.15) is 0 Å². The van der Waals surface area contributed by atoms with E-state index in [1.54, 1.807) is 0 Å². The van der Waals surface area contributed by atoms with E-state index in [0.717, 1.165) is 0 Å². The number of carbonyl (C=O) groups is 1. The van der Waals surface area contributed by atoms with Gasteiger partial charge in [-0.25, -0.2) is 9.79 Å². The maximum atomic E-state index is 10.1. The van der Waals surface area contributed by atoms with Crippen LogP contribution in [-0.4, -0.2) is 23.5 Å². The average Bonchev–Trinajstić information content (AvgIpc) is 1.90. The predicted molar refractivity (Wildman–Crippen MR) is 30.1 cm³/mol. The van der Waals surface area contributed by atoms with Gasteiger partial charge in [-0.05, 0) is 6.08 Å². The number of carboxylic acid groups (broad SMARTS) is 1. The molecule has 0 radical (unpaired) electrons. The zero-order valence-electron chi connectivity index (χ0n) is 4.52. The van der Waals surface area contributed by atoms with E-state index in [2.05, 4.69) is 9.73 Å². The number of carboxylic acids is 1. The van der Waals surface area contributed by atoms with E-state index in [1.807, 2.05) is 0 Å². The molecule has 0 unspecified atom stereocenters. The Balaban J connectivity index is 2.56. The molecule has 0 aliphatic carbocycles. The van der Waals surface area contributed by atoms with Crippen molar-refractivity contribution in [3.05, 3.63) is 12.3 Å². The van der Waals surface area contributed by atoms with Crippen LogP contribution in [0.1, 0.15) is 0 Å². The van der Waals surface area contributed by atoms with Gasteiger partial charge in [0.05, 0.1) is 6.26 Å². The Hall–Kier alpha value is -1.32. The van der Waals surface area contributed by atoms with Gasteiger partial charge in [0.1, 0.15) is 0 Å². The van der Waals surface area contributed by atoms with Crippen molar-refractivity contribution in [3.8, 4) is 0 Å². The second kappa shape index (κ2) is 2.30. The minimum Gasteiger partial charge on any atom is -0.477 e. The summed E-state index contributed by atoms with van der Waals surface area (Å²) in [7, 11) is 0. The third kappa shape index (κ3) is 1.28. The fourth-order valence-electron chi connectivity index (χ4n) is 0.440. The molecule has 1 aliphatic rings. The first-order valence-electron chi connectivity index (χ1n) is 2.37. The Morgan fingerprint density at radius 2 is 2.56 bits per heavy atom. The van der Waals surface area contributed by atoms with E-state index in [9.17, 15) is 4.79 Å². The molecule has 0 saturated heterocycles. The molecule has 0 aromatic rings. The zero-order valence-corrected chi connectivity index (χ0v) is 4.52. The minimum atomic E-state index is -1.07. The summed E-state index contributed by atoms with van der Waals surface area (Å²) in [5.74, 6) is -1.07. The van der Waals surface area contributed by atoms with Gasteiger partial charge in [-0.3, -0.25) is 0 Å². The molecule has 0 fully saturated rings. The van der Waals surface area contributed by atoms with Gasteiger partial charge < -0.3 is 9.84 Å². The maximum Gasteiger partial charge on any atom is 0.368 e. The van der Waals surface area contributed by atoms with E-state index in [4.69, 9.17) is 5.11 Å². The lowest BCUT2D eigenvalue weighted by atomic mass is 10.5. The number of allylic oxidation sites excluding steroid dienone is 1. The molecule has 4 heteroatoms. The van der Waals surface area contributed by atoms with E-state index in [1.165, 1.54) is 18.6 Å². The van der Waals surface area contributed by atoms with Crippen molar-refractivity contribution in [2.24, 2.45) is 4.99 Å². The Kier molecular flexibility index (Phi) is 1.48. The zero-order chi connectivity index (χ0) is 6.69. The molecule has 0 aromatic carbocycles. The molecule has 1 atom stereocenters. The van der Waals surface area contributed by atoms with Crippen molar-refractivity contribution in [1.82, 2.24) is 0 Å². The summed E-state index contributed by atoms with van der Waals surface area (Å²) in [6.45, 7) is 0. The third-order valence-corrected chi connectivity index (χ3v) is 0.805. The molecule has 1 heterocycles. The van der Waals surface area contributed by atoms with Gasteiger partial charge in [0, 0.05) is 6.21 Å². The van der Waals surface area contributed by atoms with Crippen LogP contribution < -0.4 is 0 Å². The molecule has 0 aromatic heterocycles. The molecular formula is C5H5NO3. The SMILES string of the molecule is O=C(O)[C@H]1N=CC=CO1. The fourth-order valence-corrected chi connectivity index (χ4v) is 0.440. The highest BCUT2D eigenvalue weighted by Gasteiger charge is 2.15. The largest absolute Gasteiger partial charge is 0.477 e. The topological polar surface area (TPSA) is 58.9 Å². The molecular weight excluding hydrogens is 122 g/mol. The van der Waals surface area contributed by atoms with Crippen LogP contribution in [0.4, 0.5) is 0 Å². The van der Waals surface area contributed by atoms with E-state index >= 15 is 0 Å². The number of hydrogen-bond donors (Lipinski definition) is 1. The highest BCUT2D eigenvalue weighted by Crippen LogP contribution is 1.98. The molecule has 0 bridgehead atoms. The van der Waals surface area contributed by atoms with Gasteiger partial charge >= 0.3 is 5.97 Å². The highest BCUT2D eigenvalue weighted by atomic mass is 16.5. The normalized spacial score (nSPS) is 23.3. The first kappa shape index (κ1) is 5.81. The Morgan fingerprint density at radius 3 is 2.89 bits per heavy atom. The van der Waals surface area contributed by atoms with Crippen LogP contribution in [0.15, 0.2) is 17.3 Å². The van der Waals surface area contributed by atoms with Crippen LogP contribution in [0, 0.1) is 0 Å². The number of ether oxygens (including phenoxy) is 1. The predicted octanol–water partition coefficient (Wildman–Crippen LogP) is 0.0118. The Labute approximate surface area is 51.5 Å². The van der Waals surface area contributed by atoms with Crippen LogP contribution in [0.2, 0.25) is 0 Å². The molecule has 4 nitrogen and oxygen atoms in total. The smallest absolute Gasteiger partial charge is 0.368 e. The van der Waals surface area contributed by atoms with Gasteiger partial charge in [-0.15, -0.1) is 0 Å². The first-order chi connectivity index (χ1) is 4.30. The highest BCUT2D eigenvalue weighted by molar-refractivity contribution is 5.79. The summed E-state index contributed by atoms with van der Waals surface area (Å²) < 4.78 is 4.56. The van der Waals surface area contributed by atoms with Crippen molar-refractivity contribution < 1.29 is 14.6 Å². The summed E-state index contributed by atoms with van der Waals surface area (Å²) in [4.78, 5) is 13.6. The molecule has 0 spiro atoms. The standard InChI is InChI=1S/C5H5NO3/c7-5(8)4-6-2-1-3-9-4/h1-4H,(H,7,8)/t4-/m0/s1. The van der Waals surface area contributed by atoms with Crippen LogP contribution in [0.3, 0.4) is 0 Å².